The van der Waals surface area contributed by atoms with Crippen molar-refractivity contribution < 1.29 is 5.11 Å². The van der Waals surface area contributed by atoms with E-state index in [4.69, 9.17) is 10.8 Å². The predicted molar refractivity (Wildman–Crippen MR) is 59.2 cm³/mol. The minimum Gasteiger partial charge on any atom is -0.394 e. The summed E-state index contributed by atoms with van der Waals surface area (Å²) in [5, 5.41) is 8.96. The maximum atomic E-state index is 8.96. The fourth-order valence-corrected chi connectivity index (χ4v) is 1.34. The summed E-state index contributed by atoms with van der Waals surface area (Å²) in [4.78, 5) is 0. The van der Waals surface area contributed by atoms with Crippen LogP contribution in [0.3, 0.4) is 0 Å². The molecule has 0 bridgehead atoms. The van der Waals surface area contributed by atoms with E-state index in [1.165, 1.54) is 5.56 Å². The molecule has 2 nitrogen and oxygen atoms in total. The molecule has 0 fully saturated rings. The van der Waals surface area contributed by atoms with Crippen LogP contribution in [0.2, 0.25) is 0 Å². The van der Waals surface area contributed by atoms with E-state index < -0.39 is 0 Å². The molecule has 0 heterocycles. The van der Waals surface area contributed by atoms with Crippen LogP contribution in [0.5, 0.6) is 0 Å². The molecular weight excluding hydrogens is 174 g/mol. The van der Waals surface area contributed by atoms with Crippen LogP contribution in [0.1, 0.15) is 37.9 Å². The third kappa shape index (κ3) is 2.56. The Hall–Kier alpha value is -0.860. The highest BCUT2D eigenvalue weighted by atomic mass is 16.3. The molecule has 2 heteroatoms. The molecule has 0 spiro atoms. The van der Waals surface area contributed by atoms with Crippen LogP contribution in [-0.2, 0) is 5.41 Å². The summed E-state index contributed by atoms with van der Waals surface area (Å²) in [6, 6.07) is 7.84. The van der Waals surface area contributed by atoms with E-state index in [9.17, 15) is 0 Å². The summed E-state index contributed by atoms with van der Waals surface area (Å²) in [6.45, 7) is 6.48. The normalized spacial score (nSPS) is 14.1. The van der Waals surface area contributed by atoms with Crippen molar-refractivity contribution in [2.75, 3.05) is 6.61 Å². The van der Waals surface area contributed by atoms with Gasteiger partial charge in [0.1, 0.15) is 0 Å². The van der Waals surface area contributed by atoms with E-state index in [-0.39, 0.29) is 18.1 Å². The van der Waals surface area contributed by atoms with Gasteiger partial charge in [-0.25, -0.2) is 0 Å². The van der Waals surface area contributed by atoms with E-state index in [1.807, 2.05) is 12.1 Å². The second kappa shape index (κ2) is 4.11. The second-order valence-corrected chi connectivity index (χ2v) is 4.66. The van der Waals surface area contributed by atoms with Crippen LogP contribution in [0.25, 0.3) is 0 Å². The molecule has 0 saturated heterocycles. The Morgan fingerprint density at radius 1 is 1.36 bits per heavy atom. The van der Waals surface area contributed by atoms with Crippen molar-refractivity contribution in [1.82, 2.24) is 0 Å². The van der Waals surface area contributed by atoms with Gasteiger partial charge >= 0.3 is 0 Å². The maximum absolute atomic E-state index is 8.96. The molecule has 1 atom stereocenters. The van der Waals surface area contributed by atoms with E-state index in [0.717, 1.165) is 5.56 Å². The first kappa shape index (κ1) is 11.2. The van der Waals surface area contributed by atoms with Crippen LogP contribution >= 0.6 is 0 Å². The van der Waals surface area contributed by atoms with Crippen LogP contribution in [0, 0.1) is 0 Å². The van der Waals surface area contributed by atoms with E-state index >= 15 is 0 Å². The van der Waals surface area contributed by atoms with Crippen LogP contribution in [0.4, 0.5) is 0 Å². The van der Waals surface area contributed by atoms with Gasteiger partial charge < -0.3 is 10.8 Å². The van der Waals surface area contributed by atoms with Crippen LogP contribution < -0.4 is 5.73 Å². The monoisotopic (exact) mass is 193 g/mol. The third-order valence-electron chi connectivity index (χ3n) is 2.38. The summed E-state index contributed by atoms with van der Waals surface area (Å²) in [5.74, 6) is 0. The van der Waals surface area contributed by atoms with Gasteiger partial charge in [0, 0.05) is 0 Å². The first-order valence-corrected chi connectivity index (χ1v) is 4.92. The van der Waals surface area contributed by atoms with Crippen molar-refractivity contribution >= 4 is 0 Å². The maximum Gasteiger partial charge on any atom is 0.0624 e. The van der Waals surface area contributed by atoms with Gasteiger partial charge in [-0.1, -0.05) is 45.0 Å². The third-order valence-corrected chi connectivity index (χ3v) is 2.38. The molecule has 1 aromatic rings. The predicted octanol–water partition coefficient (Wildman–Crippen LogP) is 1.98. The van der Waals surface area contributed by atoms with E-state index in [0.29, 0.717) is 0 Å². The number of aliphatic hydroxyl groups excluding tert-OH is 1. The molecule has 1 unspecified atom stereocenters. The van der Waals surface area contributed by atoms with E-state index in [2.05, 4.69) is 32.9 Å². The Balaban J connectivity index is 3.01. The lowest BCUT2D eigenvalue weighted by atomic mass is 9.85. The number of hydrogen-bond donors (Lipinski definition) is 2. The van der Waals surface area contributed by atoms with Crippen molar-refractivity contribution in [3.8, 4) is 0 Å². The molecule has 0 aliphatic heterocycles. The second-order valence-electron chi connectivity index (χ2n) is 4.66. The quantitative estimate of drug-likeness (QED) is 0.754. The standard InChI is InChI=1S/C12H19NO/c1-12(2,3)10-6-4-5-9(7-10)11(13)8-14/h4-7,11,14H,8,13H2,1-3H3. The Bertz CT molecular complexity index is 301. The zero-order chi connectivity index (χ0) is 10.8. The molecule has 3 N–H and O–H groups in total. The number of hydrogen-bond acceptors (Lipinski definition) is 2. The van der Waals surface area contributed by atoms with Gasteiger partial charge in [0.25, 0.3) is 0 Å². The summed E-state index contributed by atoms with van der Waals surface area (Å²) < 4.78 is 0. The largest absolute Gasteiger partial charge is 0.394 e. The fraction of sp³-hybridized carbons (Fsp3) is 0.500. The van der Waals surface area contributed by atoms with Gasteiger partial charge in [0.05, 0.1) is 12.6 Å². The Kier molecular flexibility index (Phi) is 3.29. The molecular formula is C12H19NO. The van der Waals surface area contributed by atoms with Crippen molar-refractivity contribution in [1.29, 1.82) is 0 Å². The zero-order valence-corrected chi connectivity index (χ0v) is 9.12. The number of nitrogens with two attached hydrogens (primary N) is 1. The van der Waals surface area contributed by atoms with Gasteiger partial charge in [0.15, 0.2) is 0 Å². The highest BCUT2D eigenvalue weighted by molar-refractivity contribution is 5.30. The summed E-state index contributed by atoms with van der Waals surface area (Å²) in [7, 11) is 0. The average Bonchev–Trinajstić information content (AvgIpc) is 2.15. The summed E-state index contributed by atoms with van der Waals surface area (Å²) in [5.41, 5.74) is 8.14. The van der Waals surface area contributed by atoms with E-state index in [1.54, 1.807) is 0 Å². The van der Waals surface area contributed by atoms with Crippen molar-refractivity contribution in [2.24, 2.45) is 5.73 Å². The molecule has 0 radical (unpaired) electrons. The highest BCUT2D eigenvalue weighted by Crippen LogP contribution is 2.24. The molecule has 1 aromatic carbocycles. The number of rotatable bonds is 2. The molecule has 0 aromatic heterocycles. The van der Waals surface area contributed by atoms with Gasteiger partial charge in [-0.15, -0.1) is 0 Å². The molecule has 0 aliphatic rings. The first-order chi connectivity index (χ1) is 6.45. The SMILES string of the molecule is CC(C)(C)c1cccc(C(N)CO)c1. The lowest BCUT2D eigenvalue weighted by molar-refractivity contribution is 0.268. The molecule has 0 amide bonds. The van der Waals surface area contributed by atoms with Gasteiger partial charge in [-0.05, 0) is 16.5 Å². The molecule has 0 aliphatic carbocycles. The highest BCUT2D eigenvalue weighted by Gasteiger charge is 2.14. The van der Waals surface area contributed by atoms with Crippen molar-refractivity contribution in [2.45, 2.75) is 32.2 Å². The first-order valence-electron chi connectivity index (χ1n) is 4.92. The fourth-order valence-electron chi connectivity index (χ4n) is 1.34. The van der Waals surface area contributed by atoms with Crippen molar-refractivity contribution in [3.05, 3.63) is 35.4 Å². The summed E-state index contributed by atoms with van der Waals surface area (Å²) >= 11 is 0. The summed E-state index contributed by atoms with van der Waals surface area (Å²) in [6.07, 6.45) is 0. The average molecular weight is 193 g/mol. The minimum atomic E-state index is -0.266. The van der Waals surface area contributed by atoms with Crippen molar-refractivity contribution in [3.63, 3.8) is 0 Å². The lowest BCUT2D eigenvalue weighted by Crippen LogP contribution is -2.17. The Morgan fingerprint density at radius 2 is 2.00 bits per heavy atom. The number of aliphatic hydroxyl groups is 1. The molecule has 0 saturated carbocycles. The molecule has 14 heavy (non-hydrogen) atoms. The Morgan fingerprint density at radius 3 is 2.50 bits per heavy atom. The van der Waals surface area contributed by atoms with Crippen LogP contribution in [0.15, 0.2) is 24.3 Å². The van der Waals surface area contributed by atoms with Gasteiger partial charge in [-0.2, -0.15) is 0 Å². The Labute approximate surface area is 85.8 Å². The molecule has 1 rings (SSSR count). The minimum absolute atomic E-state index is 0.00635. The van der Waals surface area contributed by atoms with Gasteiger partial charge in [-0.3, -0.25) is 0 Å². The molecule has 78 valence electrons. The number of benzene rings is 1. The lowest BCUT2D eigenvalue weighted by Gasteiger charge is -2.20. The van der Waals surface area contributed by atoms with Crippen LogP contribution in [-0.4, -0.2) is 11.7 Å². The van der Waals surface area contributed by atoms with Gasteiger partial charge in [0.2, 0.25) is 0 Å². The smallest absolute Gasteiger partial charge is 0.0624 e. The topological polar surface area (TPSA) is 46.2 Å². The zero-order valence-electron chi connectivity index (χ0n) is 9.12.